The molecular weight excluding hydrogens is 689 g/mol. The van der Waals surface area contributed by atoms with Gasteiger partial charge in [-0.1, -0.05) is 194 Å². The maximum absolute atomic E-state index is 6.55. The van der Waals surface area contributed by atoms with Crippen molar-refractivity contribution in [1.29, 1.82) is 0 Å². The van der Waals surface area contributed by atoms with Gasteiger partial charge in [-0.25, -0.2) is 0 Å². The van der Waals surface area contributed by atoms with Gasteiger partial charge in [0.1, 0.15) is 0 Å². The number of hydrogen-bond donors (Lipinski definition) is 0. The summed E-state index contributed by atoms with van der Waals surface area (Å²) in [6, 6.07) is 4.46. The molecule has 0 atom stereocenters. The van der Waals surface area contributed by atoms with Crippen molar-refractivity contribution in [1.82, 2.24) is 0 Å². The predicted octanol–water partition coefficient (Wildman–Crippen LogP) is 11.4. The Labute approximate surface area is 245 Å². The second kappa shape index (κ2) is 10.7. The number of unbranched alkanes of at least 4 members (excludes halogenated alkanes) is 1. The minimum absolute atomic E-state index is 0.104. The van der Waals surface area contributed by atoms with E-state index in [0.29, 0.717) is 6.42 Å². The number of benzene rings is 1. The molecule has 0 aromatic heterocycles. The van der Waals surface area contributed by atoms with E-state index in [0.717, 1.165) is 6.42 Å². The van der Waals surface area contributed by atoms with Gasteiger partial charge in [0, 0.05) is 0 Å². The van der Waals surface area contributed by atoms with Gasteiger partial charge in [-0.05, 0) is 29.5 Å². The lowest BCUT2D eigenvalue weighted by Gasteiger charge is -2.42. The van der Waals surface area contributed by atoms with Crippen LogP contribution in [0.4, 0.5) is 0 Å². The van der Waals surface area contributed by atoms with Crippen LogP contribution in [0.1, 0.15) is 36.5 Å². The Hall–Kier alpha value is 3.28. The third kappa shape index (κ3) is 5.98. The van der Waals surface area contributed by atoms with E-state index in [-0.39, 0.29) is 16.7 Å². The first kappa shape index (κ1) is 31.3. The summed E-state index contributed by atoms with van der Waals surface area (Å²) >= 11 is 86.8. The molecule has 1 rings (SSSR count). The summed E-state index contributed by atoms with van der Waals surface area (Å²) in [6.45, 7) is 1.92. The normalized spacial score (nSPS) is 14.9. The highest BCUT2D eigenvalue weighted by molar-refractivity contribution is 6.79. The van der Waals surface area contributed by atoms with Gasteiger partial charge in [0.25, 0.3) is 0 Å². The van der Waals surface area contributed by atoms with E-state index in [9.17, 15) is 0 Å². The topological polar surface area (TPSA) is 0 Å². The van der Waals surface area contributed by atoms with E-state index in [1.165, 1.54) is 18.2 Å². The lowest BCUT2D eigenvalue weighted by Crippen LogP contribution is -2.47. The fraction of sp³-hybridized carbons (Fsp3) is 0.562. The number of hydrogen-bond acceptors (Lipinski definition) is 0. The first-order valence-electron chi connectivity index (χ1n) is 7.79. The van der Waals surface area contributed by atoms with Gasteiger partial charge in [0.05, 0.1) is 0 Å². The van der Waals surface area contributed by atoms with Crippen LogP contribution in [-0.4, -0.2) is 16.3 Å². The van der Waals surface area contributed by atoms with E-state index >= 15 is 0 Å². The Kier molecular flexibility index (Phi) is 11.2. The zero-order chi connectivity index (χ0) is 24.0. The van der Waals surface area contributed by atoms with Crippen molar-refractivity contribution in [3.05, 3.63) is 41.3 Å². The fourth-order valence-corrected chi connectivity index (χ4v) is 5.38. The van der Waals surface area contributed by atoms with Crippen LogP contribution in [0.25, 0.3) is 0 Å². The number of rotatable bonds is 7. The van der Waals surface area contributed by atoms with Crippen molar-refractivity contribution in [3.8, 4) is 0 Å². The largest absolute Gasteiger partial charge is 0.226 e. The zero-order valence-corrected chi connectivity index (χ0v) is 25.1. The molecule has 1 aromatic rings. The first-order chi connectivity index (χ1) is 13.2. The fourth-order valence-electron chi connectivity index (χ4n) is 2.32. The molecule has 0 aliphatic rings. The van der Waals surface area contributed by atoms with Gasteiger partial charge in [0.15, 0.2) is 8.67 Å². The average molecular weight is 700 g/mol. The highest BCUT2D eigenvalue weighted by Crippen LogP contribution is 2.64. The van der Waals surface area contributed by atoms with Crippen molar-refractivity contribution in [3.63, 3.8) is 0 Å². The van der Waals surface area contributed by atoms with Gasteiger partial charge in [-0.3, -0.25) is 0 Å². The van der Waals surface area contributed by atoms with Gasteiger partial charge in [-0.15, -0.1) is 0 Å². The maximum atomic E-state index is 6.55. The summed E-state index contributed by atoms with van der Waals surface area (Å²) in [6.07, 6.45) is 2.94. The molecule has 1 aromatic carbocycles. The molecule has 0 aliphatic heterocycles. The maximum Gasteiger partial charge on any atom is 0.226 e. The molecular formula is C16H11Cl14. The van der Waals surface area contributed by atoms with E-state index in [4.69, 9.17) is 162 Å². The van der Waals surface area contributed by atoms with Gasteiger partial charge < -0.3 is 0 Å². The molecule has 0 saturated carbocycles. The zero-order valence-electron chi connectivity index (χ0n) is 14.5. The molecule has 0 spiro atoms. The summed E-state index contributed by atoms with van der Waals surface area (Å²) in [4.78, 5) is 0. The van der Waals surface area contributed by atoms with Gasteiger partial charge in [0.2, 0.25) is 16.3 Å². The van der Waals surface area contributed by atoms with E-state index in [1.54, 1.807) is 6.42 Å². The van der Waals surface area contributed by atoms with Gasteiger partial charge >= 0.3 is 0 Å². The predicted molar refractivity (Wildman–Crippen MR) is 141 cm³/mol. The SMILES string of the molecule is CCC[CH]c1c(C(Cl)(Cl)C(Cl)(Cl)C(Cl)(Cl)Cl)cccc1C(Cl)(Cl)C(Cl)(Cl)C(Cl)(Cl)Cl. The second-order valence-corrected chi connectivity index (χ2v) is 15.9. The van der Waals surface area contributed by atoms with Gasteiger partial charge in [-0.2, -0.15) is 0 Å². The van der Waals surface area contributed by atoms with Crippen LogP contribution in [-0.2, 0) is 8.67 Å². The molecule has 0 saturated heterocycles. The smallest absolute Gasteiger partial charge is 0.0930 e. The summed E-state index contributed by atoms with van der Waals surface area (Å²) < 4.78 is -13.6. The van der Waals surface area contributed by atoms with Crippen LogP contribution < -0.4 is 0 Å². The summed E-state index contributed by atoms with van der Waals surface area (Å²) in [5.74, 6) is 0. The Balaban J connectivity index is 3.88. The van der Waals surface area contributed by atoms with E-state index in [1.807, 2.05) is 6.92 Å². The van der Waals surface area contributed by atoms with Crippen LogP contribution in [0.5, 0.6) is 0 Å². The molecule has 0 bridgehead atoms. The molecule has 30 heavy (non-hydrogen) atoms. The van der Waals surface area contributed by atoms with Crippen molar-refractivity contribution in [2.75, 3.05) is 0 Å². The van der Waals surface area contributed by atoms with E-state index in [2.05, 4.69) is 0 Å². The van der Waals surface area contributed by atoms with Crippen LogP contribution in [0.3, 0.4) is 0 Å². The lowest BCUT2D eigenvalue weighted by atomic mass is 9.90. The highest BCUT2D eigenvalue weighted by atomic mass is 35.6. The van der Waals surface area contributed by atoms with Crippen LogP contribution >= 0.6 is 162 Å². The molecule has 0 nitrogen and oxygen atoms in total. The summed E-state index contributed by atoms with van der Waals surface area (Å²) in [7, 11) is 0. The minimum Gasteiger partial charge on any atom is -0.0930 e. The first-order valence-corrected chi connectivity index (χ1v) is 13.1. The highest BCUT2D eigenvalue weighted by Gasteiger charge is 2.63. The monoisotopic (exact) mass is 693 g/mol. The lowest BCUT2D eigenvalue weighted by molar-refractivity contribution is 0.672. The quantitative estimate of drug-likeness (QED) is 0.249. The molecule has 0 unspecified atom stereocenters. The summed E-state index contributed by atoms with van der Waals surface area (Å²) in [5.41, 5.74) is 0.480. The summed E-state index contributed by atoms with van der Waals surface area (Å²) in [5, 5.41) is 0. The molecule has 14 heteroatoms. The third-order valence-electron chi connectivity index (χ3n) is 3.92. The molecule has 0 heterocycles. The standard InChI is InChI=1S/C16H11Cl14/c1-2-3-5-8-9(11(17,18)13(21,22)15(25,26)27)6-4-7-10(8)12(19,20)14(23,24)16(28,29)30/h4-7H,2-3H2,1H3. The minimum atomic E-state index is -2.32. The van der Waals surface area contributed by atoms with Crippen LogP contribution in [0.15, 0.2) is 18.2 Å². The Morgan fingerprint density at radius 3 is 1.23 bits per heavy atom. The molecule has 0 amide bonds. The van der Waals surface area contributed by atoms with Crippen molar-refractivity contribution in [2.24, 2.45) is 0 Å². The molecule has 173 valence electrons. The average Bonchev–Trinajstić information content (AvgIpc) is 2.57. The Bertz CT molecular complexity index is 685. The number of alkyl halides is 14. The Morgan fingerprint density at radius 2 is 0.967 bits per heavy atom. The van der Waals surface area contributed by atoms with Crippen LogP contribution in [0.2, 0.25) is 0 Å². The molecule has 0 aliphatic carbocycles. The van der Waals surface area contributed by atoms with E-state index < -0.39 is 24.9 Å². The molecule has 1 radical (unpaired) electrons. The van der Waals surface area contributed by atoms with Crippen molar-refractivity contribution in [2.45, 2.75) is 44.7 Å². The molecule has 0 N–H and O–H groups in total. The van der Waals surface area contributed by atoms with Crippen molar-refractivity contribution >= 4 is 162 Å². The van der Waals surface area contributed by atoms with Crippen LogP contribution in [0, 0.1) is 6.42 Å². The van der Waals surface area contributed by atoms with Crippen molar-refractivity contribution < 1.29 is 0 Å². The number of halogens is 14. The second-order valence-electron chi connectivity index (χ2n) is 6.05. The molecule has 0 fully saturated rings. The Morgan fingerprint density at radius 1 is 0.633 bits per heavy atom. The third-order valence-corrected chi connectivity index (χ3v) is 11.8.